The summed E-state index contributed by atoms with van der Waals surface area (Å²) in [5.41, 5.74) is 1.85. The van der Waals surface area contributed by atoms with Crippen LogP contribution in [0.2, 0.25) is 0 Å². The molecule has 5 heteroatoms. The molecule has 106 valence electrons. The van der Waals surface area contributed by atoms with E-state index in [4.69, 9.17) is 0 Å². The third kappa shape index (κ3) is 3.78. The van der Waals surface area contributed by atoms with Crippen molar-refractivity contribution in [1.29, 1.82) is 0 Å². The van der Waals surface area contributed by atoms with E-state index in [1.807, 2.05) is 20.0 Å². The van der Waals surface area contributed by atoms with Crippen LogP contribution < -0.4 is 10.0 Å². The van der Waals surface area contributed by atoms with Gasteiger partial charge in [-0.3, -0.25) is 0 Å². The minimum atomic E-state index is -3.38. The first kappa shape index (κ1) is 14.5. The van der Waals surface area contributed by atoms with Gasteiger partial charge in [0.1, 0.15) is 0 Å². The normalized spacial score (nSPS) is 15.7. The third-order valence-electron chi connectivity index (χ3n) is 3.59. The molecule has 0 unspecified atom stereocenters. The van der Waals surface area contributed by atoms with Crippen LogP contribution in [0.1, 0.15) is 30.4 Å². The van der Waals surface area contributed by atoms with Crippen LogP contribution in [-0.2, 0) is 16.6 Å². The van der Waals surface area contributed by atoms with Gasteiger partial charge in [0, 0.05) is 13.1 Å². The molecule has 2 rings (SSSR count). The van der Waals surface area contributed by atoms with Gasteiger partial charge < -0.3 is 5.32 Å². The van der Waals surface area contributed by atoms with E-state index in [0.717, 1.165) is 23.5 Å². The lowest BCUT2D eigenvalue weighted by Crippen LogP contribution is -2.26. The first-order chi connectivity index (χ1) is 9.04. The summed E-state index contributed by atoms with van der Waals surface area (Å²) in [5, 5.41) is 3.05. The third-order valence-corrected chi connectivity index (χ3v) is 5.20. The SMILES string of the molecule is CNCc1cccc(S(=O)(=O)NCCC2CC2)c1C. The van der Waals surface area contributed by atoms with Crippen LogP contribution in [0.5, 0.6) is 0 Å². The van der Waals surface area contributed by atoms with E-state index >= 15 is 0 Å². The van der Waals surface area contributed by atoms with E-state index in [1.54, 1.807) is 12.1 Å². The Morgan fingerprint density at radius 3 is 2.68 bits per heavy atom. The van der Waals surface area contributed by atoms with Crippen LogP contribution in [0, 0.1) is 12.8 Å². The molecule has 0 bridgehead atoms. The monoisotopic (exact) mass is 282 g/mol. The first-order valence-corrected chi connectivity index (χ1v) is 8.25. The number of hydrogen-bond donors (Lipinski definition) is 2. The Morgan fingerprint density at radius 2 is 2.05 bits per heavy atom. The number of nitrogens with one attached hydrogen (secondary N) is 2. The first-order valence-electron chi connectivity index (χ1n) is 6.77. The molecular formula is C14H22N2O2S. The fourth-order valence-corrected chi connectivity index (χ4v) is 3.55. The highest BCUT2D eigenvalue weighted by Gasteiger charge is 2.23. The van der Waals surface area contributed by atoms with E-state index in [2.05, 4.69) is 10.0 Å². The van der Waals surface area contributed by atoms with Crippen LogP contribution in [0.25, 0.3) is 0 Å². The summed E-state index contributed by atoms with van der Waals surface area (Å²) < 4.78 is 27.3. The molecule has 19 heavy (non-hydrogen) atoms. The summed E-state index contributed by atoms with van der Waals surface area (Å²) in [5.74, 6) is 0.736. The molecule has 0 aliphatic heterocycles. The van der Waals surface area contributed by atoms with Crippen molar-refractivity contribution in [2.24, 2.45) is 5.92 Å². The highest BCUT2D eigenvalue weighted by atomic mass is 32.2. The van der Waals surface area contributed by atoms with Crippen molar-refractivity contribution < 1.29 is 8.42 Å². The van der Waals surface area contributed by atoms with E-state index in [-0.39, 0.29) is 0 Å². The molecule has 0 amide bonds. The molecule has 0 radical (unpaired) electrons. The number of benzene rings is 1. The molecule has 1 aliphatic rings. The predicted octanol–water partition coefficient (Wildman–Crippen LogP) is 1.79. The van der Waals surface area contributed by atoms with Crippen LogP contribution in [0.15, 0.2) is 23.1 Å². The molecule has 4 nitrogen and oxygen atoms in total. The van der Waals surface area contributed by atoms with Gasteiger partial charge in [0.05, 0.1) is 4.90 Å². The van der Waals surface area contributed by atoms with Crippen molar-refractivity contribution in [3.8, 4) is 0 Å². The lowest BCUT2D eigenvalue weighted by atomic mass is 10.1. The predicted molar refractivity (Wildman–Crippen MR) is 76.5 cm³/mol. The second kappa shape index (κ2) is 6.03. The van der Waals surface area contributed by atoms with E-state index < -0.39 is 10.0 Å². The van der Waals surface area contributed by atoms with Crippen molar-refractivity contribution in [2.45, 2.75) is 37.6 Å². The van der Waals surface area contributed by atoms with Gasteiger partial charge in [0.15, 0.2) is 0 Å². The number of hydrogen-bond acceptors (Lipinski definition) is 3. The lowest BCUT2D eigenvalue weighted by molar-refractivity contribution is 0.574. The Morgan fingerprint density at radius 1 is 1.32 bits per heavy atom. The molecule has 1 aliphatic carbocycles. The molecule has 0 heterocycles. The van der Waals surface area contributed by atoms with Gasteiger partial charge in [0.25, 0.3) is 0 Å². The Kier molecular flexibility index (Phi) is 4.60. The van der Waals surface area contributed by atoms with E-state index in [9.17, 15) is 8.42 Å². The smallest absolute Gasteiger partial charge is 0.240 e. The van der Waals surface area contributed by atoms with Crippen LogP contribution in [-0.4, -0.2) is 22.0 Å². The van der Waals surface area contributed by atoms with Gasteiger partial charge in [0.2, 0.25) is 10.0 Å². The van der Waals surface area contributed by atoms with Gasteiger partial charge in [-0.25, -0.2) is 13.1 Å². The Bertz CT molecular complexity index is 536. The van der Waals surface area contributed by atoms with Crippen molar-refractivity contribution in [3.05, 3.63) is 29.3 Å². The summed E-state index contributed by atoms with van der Waals surface area (Å²) in [6, 6.07) is 5.43. The van der Waals surface area contributed by atoms with Crippen LogP contribution >= 0.6 is 0 Å². The molecular weight excluding hydrogens is 260 g/mol. The minimum absolute atomic E-state index is 0.399. The van der Waals surface area contributed by atoms with Crippen LogP contribution in [0.3, 0.4) is 0 Å². The summed E-state index contributed by atoms with van der Waals surface area (Å²) in [6.07, 6.45) is 3.45. The molecule has 1 aromatic carbocycles. The Balaban J connectivity index is 2.11. The molecule has 2 N–H and O–H groups in total. The van der Waals surface area contributed by atoms with Gasteiger partial charge in [-0.15, -0.1) is 0 Å². The molecule has 1 aromatic rings. The van der Waals surface area contributed by atoms with Gasteiger partial charge in [-0.1, -0.05) is 25.0 Å². The highest BCUT2D eigenvalue weighted by Crippen LogP contribution is 2.31. The van der Waals surface area contributed by atoms with Crippen molar-refractivity contribution in [2.75, 3.05) is 13.6 Å². The van der Waals surface area contributed by atoms with Crippen molar-refractivity contribution in [1.82, 2.24) is 10.0 Å². The molecule has 0 saturated heterocycles. The summed E-state index contributed by atoms with van der Waals surface area (Å²) in [4.78, 5) is 0.399. The largest absolute Gasteiger partial charge is 0.316 e. The zero-order chi connectivity index (χ0) is 13.9. The number of rotatable bonds is 7. The van der Waals surface area contributed by atoms with E-state index in [1.165, 1.54) is 12.8 Å². The Labute approximate surface area is 115 Å². The molecule has 1 saturated carbocycles. The zero-order valence-corrected chi connectivity index (χ0v) is 12.4. The average molecular weight is 282 g/mol. The van der Waals surface area contributed by atoms with Crippen molar-refractivity contribution in [3.63, 3.8) is 0 Å². The maximum absolute atomic E-state index is 12.3. The fraction of sp³-hybridized carbons (Fsp3) is 0.571. The topological polar surface area (TPSA) is 58.2 Å². The average Bonchev–Trinajstić information content (AvgIpc) is 3.16. The minimum Gasteiger partial charge on any atom is -0.316 e. The highest BCUT2D eigenvalue weighted by molar-refractivity contribution is 7.89. The molecule has 0 aromatic heterocycles. The fourth-order valence-electron chi connectivity index (χ4n) is 2.21. The zero-order valence-electron chi connectivity index (χ0n) is 11.6. The maximum Gasteiger partial charge on any atom is 0.240 e. The van der Waals surface area contributed by atoms with Crippen molar-refractivity contribution >= 4 is 10.0 Å². The van der Waals surface area contributed by atoms with Gasteiger partial charge in [-0.2, -0.15) is 0 Å². The van der Waals surface area contributed by atoms with Gasteiger partial charge >= 0.3 is 0 Å². The molecule has 0 spiro atoms. The van der Waals surface area contributed by atoms with E-state index in [0.29, 0.717) is 18.0 Å². The summed E-state index contributed by atoms with van der Waals surface area (Å²) in [6.45, 7) is 3.09. The second-order valence-electron chi connectivity index (χ2n) is 5.20. The summed E-state index contributed by atoms with van der Waals surface area (Å²) >= 11 is 0. The second-order valence-corrected chi connectivity index (χ2v) is 6.94. The standard InChI is InChI=1S/C14H22N2O2S/c1-11-13(10-15-2)4-3-5-14(11)19(17,18)16-9-8-12-6-7-12/h3-5,12,15-16H,6-10H2,1-2H3. The summed E-state index contributed by atoms with van der Waals surface area (Å²) in [7, 11) is -1.52. The van der Waals surface area contributed by atoms with Gasteiger partial charge in [-0.05, 0) is 43.5 Å². The quantitative estimate of drug-likeness (QED) is 0.801. The number of sulfonamides is 1. The molecule has 0 atom stereocenters. The van der Waals surface area contributed by atoms with Crippen LogP contribution in [0.4, 0.5) is 0 Å². The Hall–Kier alpha value is -0.910. The molecule has 1 fully saturated rings. The maximum atomic E-state index is 12.3. The lowest BCUT2D eigenvalue weighted by Gasteiger charge is -2.12.